The van der Waals surface area contributed by atoms with Crippen LogP contribution in [0.4, 0.5) is 5.82 Å². The number of aromatic amines is 1. The van der Waals surface area contributed by atoms with Gasteiger partial charge in [-0.1, -0.05) is 35.3 Å². The molecule has 0 saturated heterocycles. The van der Waals surface area contributed by atoms with Crippen LogP contribution >= 0.6 is 35.4 Å². The van der Waals surface area contributed by atoms with Gasteiger partial charge in [0.25, 0.3) is 0 Å². The van der Waals surface area contributed by atoms with E-state index in [-0.39, 0.29) is 0 Å². The van der Waals surface area contributed by atoms with Gasteiger partial charge in [0.05, 0.1) is 15.7 Å². The van der Waals surface area contributed by atoms with Crippen LogP contribution in [0, 0.1) is 4.77 Å². The van der Waals surface area contributed by atoms with E-state index in [1.165, 1.54) is 0 Å². The molecule has 2 N–H and O–H groups in total. The van der Waals surface area contributed by atoms with Crippen LogP contribution in [0.1, 0.15) is 5.56 Å². The molecule has 0 saturated carbocycles. The Morgan fingerprint density at radius 3 is 2.94 bits per heavy atom. The highest BCUT2D eigenvalue weighted by Crippen LogP contribution is 2.36. The van der Waals surface area contributed by atoms with Crippen molar-refractivity contribution in [3.8, 4) is 11.3 Å². The number of nitrogens with zero attached hydrogens (tertiary/aromatic N) is 1. The Balaban J connectivity index is 2.30. The Labute approximate surface area is 119 Å². The molecule has 0 aliphatic carbocycles. The molecule has 18 heavy (non-hydrogen) atoms. The van der Waals surface area contributed by atoms with Gasteiger partial charge in [-0.3, -0.25) is 0 Å². The van der Waals surface area contributed by atoms with Crippen molar-refractivity contribution in [2.24, 2.45) is 0 Å². The average Bonchev–Trinajstić information content (AvgIpc) is 2.79. The van der Waals surface area contributed by atoms with Crippen molar-refractivity contribution in [2.45, 2.75) is 6.42 Å². The Morgan fingerprint density at radius 1 is 1.28 bits per heavy atom. The van der Waals surface area contributed by atoms with E-state index in [1.807, 2.05) is 12.1 Å². The summed E-state index contributed by atoms with van der Waals surface area (Å²) in [6.45, 7) is 0.861. The van der Waals surface area contributed by atoms with E-state index >= 15 is 0 Å². The standard InChI is InChI=1S/C12H9Cl2N3S/c13-8-3-1-2-6(9(8)14)10-7-4-5-15-11(7)17-12(18)16-10/h1-3H,4-5H2,(H2,15,16,17,18). The summed E-state index contributed by atoms with van der Waals surface area (Å²) < 4.78 is 0.439. The molecule has 0 amide bonds. The monoisotopic (exact) mass is 297 g/mol. The Morgan fingerprint density at radius 2 is 2.11 bits per heavy atom. The molecule has 2 heterocycles. The molecule has 1 aromatic heterocycles. The van der Waals surface area contributed by atoms with Crippen molar-refractivity contribution in [1.29, 1.82) is 0 Å². The maximum Gasteiger partial charge on any atom is 0.199 e. The summed E-state index contributed by atoms with van der Waals surface area (Å²) in [5.74, 6) is 0.838. The lowest BCUT2D eigenvalue weighted by Gasteiger charge is -2.10. The molecule has 0 bridgehead atoms. The molecule has 1 aliphatic rings. The lowest BCUT2D eigenvalue weighted by atomic mass is 10.1. The van der Waals surface area contributed by atoms with Crippen LogP contribution in [0.15, 0.2) is 18.2 Å². The first-order chi connectivity index (χ1) is 8.66. The molecule has 92 valence electrons. The molecule has 0 atom stereocenters. The predicted molar refractivity (Wildman–Crippen MR) is 77.1 cm³/mol. The average molecular weight is 298 g/mol. The molecule has 0 unspecified atom stereocenters. The largest absolute Gasteiger partial charge is 0.369 e. The zero-order valence-corrected chi connectivity index (χ0v) is 11.6. The van der Waals surface area contributed by atoms with Crippen molar-refractivity contribution in [3.63, 3.8) is 0 Å². The van der Waals surface area contributed by atoms with E-state index in [2.05, 4.69) is 15.3 Å². The number of H-pyrrole nitrogens is 1. The zero-order chi connectivity index (χ0) is 12.7. The summed E-state index contributed by atoms with van der Waals surface area (Å²) >= 11 is 17.4. The molecule has 3 nitrogen and oxygen atoms in total. The Hall–Kier alpha value is -1.10. The SMILES string of the molecule is S=c1nc2c(c(-c3cccc(Cl)c3Cl)[nH]1)CCN2. The lowest BCUT2D eigenvalue weighted by Crippen LogP contribution is -1.96. The first kappa shape index (κ1) is 12.0. The van der Waals surface area contributed by atoms with Crippen LogP contribution in [-0.4, -0.2) is 16.5 Å². The fourth-order valence-electron chi connectivity index (χ4n) is 2.12. The molecular formula is C12H9Cl2N3S. The summed E-state index contributed by atoms with van der Waals surface area (Å²) in [6, 6.07) is 5.56. The summed E-state index contributed by atoms with van der Waals surface area (Å²) in [4.78, 5) is 7.38. The second-order valence-corrected chi connectivity index (χ2v) is 5.19. The van der Waals surface area contributed by atoms with Crippen molar-refractivity contribution < 1.29 is 0 Å². The highest BCUT2D eigenvalue weighted by Gasteiger charge is 2.19. The van der Waals surface area contributed by atoms with Crippen LogP contribution in [0.3, 0.4) is 0 Å². The first-order valence-corrected chi connectivity index (χ1v) is 6.64. The quantitative estimate of drug-likeness (QED) is 0.779. The molecule has 2 aromatic rings. The van der Waals surface area contributed by atoms with Crippen LogP contribution in [0.25, 0.3) is 11.3 Å². The van der Waals surface area contributed by atoms with Gasteiger partial charge in [-0.2, -0.15) is 0 Å². The number of anilines is 1. The minimum atomic E-state index is 0.439. The summed E-state index contributed by atoms with van der Waals surface area (Å²) in [5, 5.41) is 4.28. The smallest absolute Gasteiger partial charge is 0.199 e. The number of nitrogens with one attached hydrogen (secondary N) is 2. The molecule has 0 fully saturated rings. The second kappa shape index (κ2) is 4.53. The van der Waals surface area contributed by atoms with E-state index in [0.29, 0.717) is 14.8 Å². The first-order valence-electron chi connectivity index (χ1n) is 5.48. The van der Waals surface area contributed by atoms with Crippen molar-refractivity contribution in [2.75, 3.05) is 11.9 Å². The molecule has 0 radical (unpaired) electrons. The third-order valence-electron chi connectivity index (χ3n) is 2.92. The number of aromatic nitrogens is 2. The number of hydrogen-bond acceptors (Lipinski definition) is 3. The highest BCUT2D eigenvalue weighted by molar-refractivity contribution is 7.71. The van der Waals surface area contributed by atoms with Gasteiger partial charge in [0.15, 0.2) is 4.77 Å². The van der Waals surface area contributed by atoms with E-state index in [0.717, 1.165) is 35.6 Å². The summed E-state index contributed by atoms with van der Waals surface area (Å²) in [7, 11) is 0. The molecular weight excluding hydrogens is 289 g/mol. The van der Waals surface area contributed by atoms with E-state index in [9.17, 15) is 0 Å². The molecule has 6 heteroatoms. The van der Waals surface area contributed by atoms with Gasteiger partial charge < -0.3 is 10.3 Å². The fraction of sp³-hybridized carbons (Fsp3) is 0.167. The van der Waals surface area contributed by atoms with Gasteiger partial charge in [0, 0.05) is 17.7 Å². The molecule has 3 rings (SSSR count). The number of hydrogen-bond donors (Lipinski definition) is 2. The maximum atomic E-state index is 6.26. The maximum absolute atomic E-state index is 6.26. The molecule has 1 aliphatic heterocycles. The summed E-state index contributed by atoms with van der Waals surface area (Å²) in [6.07, 6.45) is 0.895. The number of benzene rings is 1. The van der Waals surface area contributed by atoms with E-state index in [1.54, 1.807) is 6.07 Å². The van der Waals surface area contributed by atoms with Gasteiger partial charge in [-0.25, -0.2) is 4.98 Å². The number of rotatable bonds is 1. The van der Waals surface area contributed by atoms with Crippen LogP contribution in [0.5, 0.6) is 0 Å². The van der Waals surface area contributed by atoms with Gasteiger partial charge in [0.2, 0.25) is 0 Å². The van der Waals surface area contributed by atoms with Crippen molar-refractivity contribution in [3.05, 3.63) is 38.6 Å². The van der Waals surface area contributed by atoms with Gasteiger partial charge in [0.1, 0.15) is 5.82 Å². The topological polar surface area (TPSA) is 40.7 Å². The van der Waals surface area contributed by atoms with E-state index < -0.39 is 0 Å². The Kier molecular flexibility index (Phi) is 3.01. The van der Waals surface area contributed by atoms with Gasteiger partial charge >= 0.3 is 0 Å². The Bertz CT molecular complexity index is 682. The number of fused-ring (bicyclic) bond motifs is 1. The lowest BCUT2D eigenvalue weighted by molar-refractivity contribution is 1.08. The highest BCUT2D eigenvalue weighted by atomic mass is 35.5. The van der Waals surface area contributed by atoms with Crippen LogP contribution in [-0.2, 0) is 6.42 Å². The van der Waals surface area contributed by atoms with Gasteiger partial charge in [-0.15, -0.1) is 0 Å². The van der Waals surface area contributed by atoms with Crippen molar-refractivity contribution >= 4 is 41.2 Å². The van der Waals surface area contributed by atoms with Crippen LogP contribution < -0.4 is 5.32 Å². The minimum absolute atomic E-state index is 0.439. The normalized spacial score (nSPS) is 13.2. The van der Waals surface area contributed by atoms with E-state index in [4.69, 9.17) is 35.4 Å². The minimum Gasteiger partial charge on any atom is -0.369 e. The second-order valence-electron chi connectivity index (χ2n) is 4.02. The third kappa shape index (κ3) is 1.90. The van der Waals surface area contributed by atoms with Crippen LogP contribution in [0.2, 0.25) is 10.0 Å². The molecule has 1 aromatic carbocycles. The van der Waals surface area contributed by atoms with Crippen molar-refractivity contribution in [1.82, 2.24) is 9.97 Å². The predicted octanol–water partition coefficient (Wildman–Crippen LogP) is 4.08. The fourth-order valence-corrected chi connectivity index (χ4v) is 2.71. The third-order valence-corrected chi connectivity index (χ3v) is 3.93. The zero-order valence-electron chi connectivity index (χ0n) is 9.26. The number of halogens is 2. The van der Waals surface area contributed by atoms with Gasteiger partial charge in [-0.05, 0) is 24.7 Å². The molecule has 0 spiro atoms. The summed E-state index contributed by atoms with van der Waals surface area (Å²) in [5.41, 5.74) is 2.87.